The molecule has 20 heavy (non-hydrogen) atoms. The second-order valence-electron chi connectivity index (χ2n) is 5.43. The third-order valence-corrected chi connectivity index (χ3v) is 3.70. The Labute approximate surface area is 127 Å². The van der Waals surface area contributed by atoms with Crippen LogP contribution < -0.4 is 5.73 Å². The lowest BCUT2D eigenvalue weighted by molar-refractivity contribution is -0.132. The number of nitrogens with two attached hydrogens (primary N) is 1. The number of halogens is 1. The van der Waals surface area contributed by atoms with Crippen LogP contribution in [0.5, 0.6) is 0 Å². The van der Waals surface area contributed by atoms with Gasteiger partial charge >= 0.3 is 0 Å². The van der Waals surface area contributed by atoms with Crippen molar-refractivity contribution in [2.45, 2.75) is 26.3 Å². The maximum Gasteiger partial charge on any atom is 0.227 e. The minimum absolute atomic E-state index is 0. The molecule has 0 bridgehead atoms. The van der Waals surface area contributed by atoms with Gasteiger partial charge in [-0.2, -0.15) is 0 Å². The third kappa shape index (κ3) is 4.39. The fourth-order valence-electron chi connectivity index (χ4n) is 2.48. The van der Waals surface area contributed by atoms with Gasteiger partial charge in [0, 0.05) is 37.9 Å². The van der Waals surface area contributed by atoms with E-state index < -0.39 is 0 Å². The van der Waals surface area contributed by atoms with Crippen LogP contribution in [0.25, 0.3) is 0 Å². The highest BCUT2D eigenvalue weighted by Gasteiger charge is 2.22. The Morgan fingerprint density at radius 3 is 2.45 bits per heavy atom. The van der Waals surface area contributed by atoms with Crippen molar-refractivity contribution in [1.29, 1.82) is 0 Å². The summed E-state index contributed by atoms with van der Waals surface area (Å²) >= 11 is 0. The number of hydrogen-bond acceptors (Lipinski definition) is 3. The maximum absolute atomic E-state index is 12.2. The van der Waals surface area contributed by atoms with Crippen LogP contribution in [0, 0.1) is 0 Å². The molecule has 0 spiro atoms. The van der Waals surface area contributed by atoms with Crippen LogP contribution in [-0.2, 0) is 11.2 Å². The van der Waals surface area contributed by atoms with Crippen molar-refractivity contribution in [3.63, 3.8) is 0 Å². The molecular weight excluding hydrogens is 274 g/mol. The van der Waals surface area contributed by atoms with E-state index >= 15 is 0 Å². The van der Waals surface area contributed by atoms with Gasteiger partial charge in [-0.3, -0.25) is 9.69 Å². The molecule has 0 atom stereocenters. The van der Waals surface area contributed by atoms with Gasteiger partial charge < -0.3 is 10.6 Å². The van der Waals surface area contributed by atoms with Gasteiger partial charge in [-0.15, -0.1) is 12.4 Å². The number of nitrogens with zero attached hydrogens (tertiary/aromatic N) is 2. The molecule has 0 aliphatic carbocycles. The molecule has 1 aromatic carbocycles. The molecule has 1 amide bonds. The summed E-state index contributed by atoms with van der Waals surface area (Å²) in [6.07, 6.45) is 0.451. The zero-order valence-corrected chi connectivity index (χ0v) is 13.0. The first-order valence-corrected chi connectivity index (χ1v) is 6.92. The third-order valence-electron chi connectivity index (χ3n) is 3.70. The summed E-state index contributed by atoms with van der Waals surface area (Å²) < 4.78 is 0. The normalized spacial score (nSPS) is 16.1. The lowest BCUT2D eigenvalue weighted by atomic mass is 10.1. The topological polar surface area (TPSA) is 49.6 Å². The van der Waals surface area contributed by atoms with Crippen LogP contribution in [-0.4, -0.2) is 47.9 Å². The van der Waals surface area contributed by atoms with E-state index in [-0.39, 0.29) is 18.3 Å². The zero-order valence-electron chi connectivity index (χ0n) is 12.2. The number of anilines is 1. The average Bonchev–Trinajstić information content (AvgIpc) is 2.39. The molecule has 1 saturated heterocycles. The van der Waals surface area contributed by atoms with Gasteiger partial charge in [0.25, 0.3) is 0 Å². The van der Waals surface area contributed by atoms with Gasteiger partial charge in [0.15, 0.2) is 0 Å². The number of amides is 1. The second-order valence-corrected chi connectivity index (χ2v) is 5.43. The van der Waals surface area contributed by atoms with Crippen LogP contribution in [0.15, 0.2) is 24.3 Å². The van der Waals surface area contributed by atoms with Gasteiger partial charge in [-0.25, -0.2) is 0 Å². The first kappa shape index (κ1) is 16.8. The van der Waals surface area contributed by atoms with E-state index in [1.807, 2.05) is 29.2 Å². The SMILES string of the molecule is CC(C)N1CCN(C(=O)Cc2cccc(N)c2)CC1.Cl. The number of piperazine rings is 1. The van der Waals surface area contributed by atoms with E-state index in [0.29, 0.717) is 12.5 Å². The van der Waals surface area contributed by atoms with E-state index in [1.165, 1.54) is 0 Å². The first-order valence-electron chi connectivity index (χ1n) is 6.92. The molecule has 1 aromatic rings. The summed E-state index contributed by atoms with van der Waals surface area (Å²) in [4.78, 5) is 16.6. The predicted molar refractivity (Wildman–Crippen MR) is 85.1 cm³/mol. The van der Waals surface area contributed by atoms with Crippen LogP contribution in [0.4, 0.5) is 5.69 Å². The monoisotopic (exact) mass is 297 g/mol. The van der Waals surface area contributed by atoms with Crippen molar-refractivity contribution >= 4 is 24.0 Å². The summed E-state index contributed by atoms with van der Waals surface area (Å²) in [5, 5.41) is 0. The fraction of sp³-hybridized carbons (Fsp3) is 0.533. The molecule has 1 heterocycles. The minimum atomic E-state index is 0. The smallest absolute Gasteiger partial charge is 0.227 e. The van der Waals surface area contributed by atoms with Gasteiger partial charge in [0.2, 0.25) is 5.91 Å². The Morgan fingerprint density at radius 1 is 1.25 bits per heavy atom. The van der Waals surface area contributed by atoms with Gasteiger partial charge in [0.05, 0.1) is 6.42 Å². The molecule has 4 nitrogen and oxygen atoms in total. The second kappa shape index (κ2) is 7.50. The lowest BCUT2D eigenvalue weighted by Gasteiger charge is -2.37. The Kier molecular flexibility index (Phi) is 6.30. The van der Waals surface area contributed by atoms with Crippen molar-refractivity contribution in [3.05, 3.63) is 29.8 Å². The molecule has 1 aliphatic heterocycles. The largest absolute Gasteiger partial charge is 0.399 e. The highest BCUT2D eigenvalue weighted by atomic mass is 35.5. The van der Waals surface area contributed by atoms with Crippen molar-refractivity contribution < 1.29 is 4.79 Å². The number of nitrogen functional groups attached to an aromatic ring is 1. The fourth-order valence-corrected chi connectivity index (χ4v) is 2.48. The molecule has 1 fully saturated rings. The highest BCUT2D eigenvalue weighted by Crippen LogP contribution is 2.11. The summed E-state index contributed by atoms with van der Waals surface area (Å²) in [5.41, 5.74) is 7.45. The van der Waals surface area contributed by atoms with E-state index in [4.69, 9.17) is 5.73 Å². The van der Waals surface area contributed by atoms with Crippen molar-refractivity contribution in [2.24, 2.45) is 0 Å². The van der Waals surface area contributed by atoms with Crippen LogP contribution in [0.1, 0.15) is 19.4 Å². The number of carbonyl (C=O) groups is 1. The summed E-state index contributed by atoms with van der Waals surface area (Å²) in [6, 6.07) is 8.14. The van der Waals surface area contributed by atoms with E-state index in [9.17, 15) is 4.79 Å². The first-order chi connectivity index (χ1) is 9.06. The molecule has 1 aliphatic rings. The van der Waals surface area contributed by atoms with Crippen LogP contribution in [0.3, 0.4) is 0 Å². The number of benzene rings is 1. The van der Waals surface area contributed by atoms with Crippen molar-refractivity contribution in [1.82, 2.24) is 9.80 Å². The Bertz CT molecular complexity index is 442. The molecule has 0 saturated carbocycles. The number of hydrogen-bond donors (Lipinski definition) is 1. The Morgan fingerprint density at radius 2 is 1.90 bits per heavy atom. The van der Waals surface area contributed by atoms with Crippen molar-refractivity contribution in [2.75, 3.05) is 31.9 Å². The number of rotatable bonds is 3. The van der Waals surface area contributed by atoms with Gasteiger partial charge in [0.1, 0.15) is 0 Å². The molecular formula is C15H24ClN3O. The quantitative estimate of drug-likeness (QED) is 0.865. The zero-order chi connectivity index (χ0) is 13.8. The van der Waals surface area contributed by atoms with Crippen LogP contribution >= 0.6 is 12.4 Å². The molecule has 2 rings (SSSR count). The molecule has 0 aromatic heterocycles. The maximum atomic E-state index is 12.2. The number of carbonyl (C=O) groups excluding carboxylic acids is 1. The van der Waals surface area contributed by atoms with E-state index in [1.54, 1.807) is 0 Å². The van der Waals surface area contributed by atoms with Gasteiger partial charge in [-0.05, 0) is 31.5 Å². The summed E-state index contributed by atoms with van der Waals surface area (Å²) in [5.74, 6) is 0.203. The summed E-state index contributed by atoms with van der Waals surface area (Å²) in [7, 11) is 0. The molecule has 2 N–H and O–H groups in total. The van der Waals surface area contributed by atoms with E-state index in [2.05, 4.69) is 18.7 Å². The Hall–Kier alpha value is -1.26. The minimum Gasteiger partial charge on any atom is -0.399 e. The lowest BCUT2D eigenvalue weighted by Crippen LogP contribution is -2.51. The average molecular weight is 298 g/mol. The standard InChI is InChI=1S/C15H23N3O.ClH/c1-12(2)17-6-8-18(9-7-17)15(19)11-13-4-3-5-14(16)10-13;/h3-5,10,12H,6-9,11,16H2,1-2H3;1H. The van der Waals surface area contributed by atoms with Gasteiger partial charge in [-0.1, -0.05) is 12.1 Å². The molecule has 112 valence electrons. The van der Waals surface area contributed by atoms with E-state index in [0.717, 1.165) is 37.4 Å². The Balaban J connectivity index is 0.00000200. The molecule has 5 heteroatoms. The molecule has 0 unspecified atom stereocenters. The van der Waals surface area contributed by atoms with Crippen LogP contribution in [0.2, 0.25) is 0 Å². The predicted octanol–water partition coefficient (Wildman–Crippen LogP) is 1.79. The highest BCUT2D eigenvalue weighted by molar-refractivity contribution is 5.85. The van der Waals surface area contributed by atoms with Crippen molar-refractivity contribution in [3.8, 4) is 0 Å². The molecule has 0 radical (unpaired) electrons. The summed E-state index contributed by atoms with van der Waals surface area (Å²) in [6.45, 7) is 8.01.